The molecule has 0 aliphatic carbocycles. The topological polar surface area (TPSA) is 67.9 Å². The van der Waals surface area contributed by atoms with Gasteiger partial charge in [0, 0.05) is 25.8 Å². The minimum absolute atomic E-state index is 0.125. The molecule has 7 heteroatoms. The van der Waals surface area contributed by atoms with E-state index < -0.39 is 10.0 Å². The SMILES string of the molecule is COc1ccc(CCS(=O)(=O)NCC2CCN(C3CCOCC3)CC2)cc1. The van der Waals surface area contributed by atoms with Crippen LogP contribution in [0.15, 0.2) is 24.3 Å². The maximum atomic E-state index is 12.3. The van der Waals surface area contributed by atoms with Gasteiger partial charge in [0.2, 0.25) is 10.0 Å². The van der Waals surface area contributed by atoms with Gasteiger partial charge in [0.05, 0.1) is 12.9 Å². The summed E-state index contributed by atoms with van der Waals surface area (Å²) in [5.74, 6) is 1.35. The lowest BCUT2D eigenvalue weighted by Crippen LogP contribution is -2.45. The van der Waals surface area contributed by atoms with Crippen molar-refractivity contribution in [3.05, 3.63) is 29.8 Å². The van der Waals surface area contributed by atoms with Gasteiger partial charge in [-0.2, -0.15) is 0 Å². The number of hydrogen-bond donors (Lipinski definition) is 1. The van der Waals surface area contributed by atoms with Crippen LogP contribution >= 0.6 is 0 Å². The van der Waals surface area contributed by atoms with Crippen LogP contribution < -0.4 is 9.46 Å². The normalized spacial score (nSPS) is 20.6. The first-order valence-electron chi connectivity index (χ1n) is 9.98. The lowest BCUT2D eigenvalue weighted by atomic mass is 9.94. The summed E-state index contributed by atoms with van der Waals surface area (Å²) in [5.41, 5.74) is 1.01. The fraction of sp³-hybridized carbons (Fsp3) is 0.700. The van der Waals surface area contributed by atoms with Crippen LogP contribution in [0.4, 0.5) is 0 Å². The lowest BCUT2D eigenvalue weighted by molar-refractivity contribution is 0.0214. The quantitative estimate of drug-likeness (QED) is 0.728. The molecule has 0 saturated carbocycles. The summed E-state index contributed by atoms with van der Waals surface area (Å²) in [6, 6.07) is 8.21. The number of nitrogens with one attached hydrogen (secondary N) is 1. The average molecular weight is 397 g/mol. The van der Waals surface area contributed by atoms with E-state index in [0.29, 0.717) is 24.9 Å². The number of rotatable bonds is 8. The van der Waals surface area contributed by atoms with Crippen molar-refractivity contribution >= 4 is 10.0 Å². The summed E-state index contributed by atoms with van der Waals surface area (Å²) in [7, 11) is -1.62. The molecular formula is C20H32N2O4S. The molecule has 2 saturated heterocycles. The number of hydrogen-bond acceptors (Lipinski definition) is 5. The van der Waals surface area contributed by atoms with Crippen LogP contribution in [-0.2, 0) is 21.2 Å². The van der Waals surface area contributed by atoms with Gasteiger partial charge >= 0.3 is 0 Å². The van der Waals surface area contributed by atoms with E-state index in [0.717, 1.165) is 63.3 Å². The van der Waals surface area contributed by atoms with E-state index in [-0.39, 0.29) is 5.75 Å². The van der Waals surface area contributed by atoms with E-state index in [2.05, 4.69) is 9.62 Å². The first-order chi connectivity index (χ1) is 13.1. The molecule has 1 N–H and O–H groups in total. The fourth-order valence-corrected chi connectivity index (χ4v) is 5.07. The van der Waals surface area contributed by atoms with Gasteiger partial charge in [-0.05, 0) is 68.8 Å². The number of nitrogens with zero attached hydrogens (tertiary/aromatic N) is 1. The predicted octanol–water partition coefficient (Wildman–Crippen LogP) is 2.05. The van der Waals surface area contributed by atoms with Gasteiger partial charge in [0.25, 0.3) is 0 Å². The minimum Gasteiger partial charge on any atom is -0.497 e. The highest BCUT2D eigenvalue weighted by Crippen LogP contribution is 2.23. The van der Waals surface area contributed by atoms with E-state index >= 15 is 0 Å². The van der Waals surface area contributed by atoms with Crippen molar-refractivity contribution in [2.45, 2.75) is 38.1 Å². The monoisotopic (exact) mass is 396 g/mol. The molecule has 2 heterocycles. The Morgan fingerprint density at radius 1 is 1.11 bits per heavy atom. The smallest absolute Gasteiger partial charge is 0.211 e. The molecule has 3 rings (SSSR count). The second-order valence-electron chi connectivity index (χ2n) is 7.59. The third kappa shape index (κ3) is 6.45. The molecule has 0 radical (unpaired) electrons. The molecule has 0 unspecified atom stereocenters. The molecule has 27 heavy (non-hydrogen) atoms. The first-order valence-corrected chi connectivity index (χ1v) is 11.6. The van der Waals surface area contributed by atoms with Gasteiger partial charge in [-0.25, -0.2) is 13.1 Å². The Kier molecular flexibility index (Phi) is 7.52. The van der Waals surface area contributed by atoms with Gasteiger partial charge in [-0.1, -0.05) is 12.1 Å². The third-order valence-electron chi connectivity index (χ3n) is 5.77. The van der Waals surface area contributed by atoms with Crippen molar-refractivity contribution in [1.82, 2.24) is 9.62 Å². The number of methoxy groups -OCH3 is 1. The molecule has 2 aliphatic heterocycles. The summed E-state index contributed by atoms with van der Waals surface area (Å²) >= 11 is 0. The Balaban J connectivity index is 1.37. The van der Waals surface area contributed by atoms with Gasteiger partial charge in [-0.3, -0.25) is 0 Å². The van der Waals surface area contributed by atoms with Crippen molar-refractivity contribution < 1.29 is 17.9 Å². The maximum absolute atomic E-state index is 12.3. The van der Waals surface area contributed by atoms with Crippen LogP contribution in [0.3, 0.4) is 0 Å². The molecular weight excluding hydrogens is 364 g/mol. The highest BCUT2D eigenvalue weighted by Gasteiger charge is 2.27. The predicted molar refractivity (Wildman–Crippen MR) is 107 cm³/mol. The first kappa shape index (κ1) is 20.6. The molecule has 0 amide bonds. The van der Waals surface area contributed by atoms with Crippen LogP contribution in [0.1, 0.15) is 31.2 Å². The van der Waals surface area contributed by atoms with Crippen molar-refractivity contribution in [3.63, 3.8) is 0 Å². The standard InChI is InChI=1S/C20H32N2O4S/c1-25-20-4-2-17(3-5-20)10-15-27(23,24)21-16-18-6-11-22(12-7-18)19-8-13-26-14-9-19/h2-5,18-19,21H,6-16H2,1H3. The number of aryl methyl sites for hydroxylation is 1. The van der Waals surface area contributed by atoms with Crippen LogP contribution in [0.2, 0.25) is 0 Å². The molecule has 0 bridgehead atoms. The number of sulfonamides is 1. The van der Waals surface area contributed by atoms with E-state index in [1.54, 1.807) is 7.11 Å². The molecule has 6 nitrogen and oxygen atoms in total. The zero-order chi connectivity index (χ0) is 19.1. The largest absolute Gasteiger partial charge is 0.497 e. The third-order valence-corrected chi connectivity index (χ3v) is 7.11. The van der Waals surface area contributed by atoms with Crippen LogP contribution in [0.5, 0.6) is 5.75 Å². The summed E-state index contributed by atoms with van der Waals surface area (Å²) in [5, 5.41) is 0. The van der Waals surface area contributed by atoms with Crippen molar-refractivity contribution in [2.75, 3.05) is 45.7 Å². The number of likely N-dealkylation sites (tertiary alicyclic amines) is 1. The highest BCUT2D eigenvalue weighted by molar-refractivity contribution is 7.89. The van der Waals surface area contributed by atoms with E-state index in [1.165, 1.54) is 0 Å². The molecule has 2 fully saturated rings. The Bertz CT molecular complexity index is 664. The van der Waals surface area contributed by atoms with Crippen LogP contribution in [-0.4, -0.2) is 65.1 Å². The van der Waals surface area contributed by atoms with Gasteiger partial charge in [-0.15, -0.1) is 0 Å². The Labute approximate surface area is 163 Å². The average Bonchev–Trinajstić information content (AvgIpc) is 2.72. The molecule has 1 aromatic carbocycles. The van der Waals surface area contributed by atoms with Gasteiger partial charge in [0.1, 0.15) is 5.75 Å². The second kappa shape index (κ2) is 9.87. The minimum atomic E-state index is -3.24. The van der Waals surface area contributed by atoms with E-state index in [4.69, 9.17) is 9.47 Å². The van der Waals surface area contributed by atoms with E-state index in [9.17, 15) is 8.42 Å². The summed E-state index contributed by atoms with van der Waals surface area (Å²) in [4.78, 5) is 2.57. The van der Waals surface area contributed by atoms with E-state index in [1.807, 2.05) is 24.3 Å². The fourth-order valence-electron chi connectivity index (χ4n) is 3.93. The molecule has 152 valence electrons. The molecule has 0 atom stereocenters. The Hall–Kier alpha value is -1.15. The number of benzene rings is 1. The van der Waals surface area contributed by atoms with Crippen molar-refractivity contribution in [2.24, 2.45) is 5.92 Å². The lowest BCUT2D eigenvalue weighted by Gasteiger charge is -2.39. The maximum Gasteiger partial charge on any atom is 0.211 e. The van der Waals surface area contributed by atoms with Crippen LogP contribution in [0.25, 0.3) is 0 Å². The molecule has 0 spiro atoms. The van der Waals surface area contributed by atoms with Crippen molar-refractivity contribution in [3.8, 4) is 5.75 Å². The Morgan fingerprint density at radius 2 is 1.78 bits per heavy atom. The van der Waals surface area contributed by atoms with Crippen LogP contribution in [0, 0.1) is 5.92 Å². The van der Waals surface area contributed by atoms with Gasteiger partial charge in [0.15, 0.2) is 0 Å². The highest BCUT2D eigenvalue weighted by atomic mass is 32.2. The zero-order valence-corrected chi connectivity index (χ0v) is 17.0. The number of piperidine rings is 1. The van der Waals surface area contributed by atoms with Gasteiger partial charge < -0.3 is 14.4 Å². The summed E-state index contributed by atoms with van der Waals surface area (Å²) in [6.45, 7) is 4.45. The summed E-state index contributed by atoms with van der Waals surface area (Å²) < 4.78 is 38.0. The molecule has 1 aromatic rings. The van der Waals surface area contributed by atoms with Crippen molar-refractivity contribution in [1.29, 1.82) is 0 Å². The molecule has 2 aliphatic rings. The summed E-state index contributed by atoms with van der Waals surface area (Å²) in [6.07, 6.45) is 4.91. The number of ether oxygens (including phenoxy) is 2. The molecule has 0 aromatic heterocycles. The second-order valence-corrected chi connectivity index (χ2v) is 9.51. The zero-order valence-electron chi connectivity index (χ0n) is 16.2. The Morgan fingerprint density at radius 3 is 2.41 bits per heavy atom.